The molecule has 0 fully saturated rings. The fraction of sp³-hybridized carbons (Fsp3) is 0.0800. The first-order chi connectivity index (χ1) is 16.5. The normalized spacial score (nSPS) is 11.2. The number of furan rings is 1. The van der Waals surface area contributed by atoms with Gasteiger partial charge in [-0.05, 0) is 48.0 Å². The van der Waals surface area contributed by atoms with E-state index in [1.165, 1.54) is 34.9 Å². The number of thioether (sulfide) groups is 1. The molecular formula is C25H17F2N3O3S. The molecule has 0 radical (unpaired) electrons. The lowest BCUT2D eigenvalue weighted by molar-refractivity contribution is -0.113. The number of para-hydroxylation sites is 1. The van der Waals surface area contributed by atoms with Crippen LogP contribution in [0.5, 0.6) is 0 Å². The van der Waals surface area contributed by atoms with Gasteiger partial charge in [-0.1, -0.05) is 42.1 Å². The molecule has 2 aromatic heterocycles. The zero-order valence-corrected chi connectivity index (χ0v) is 18.4. The number of halogens is 2. The Labute approximate surface area is 196 Å². The number of anilines is 1. The number of amides is 1. The summed E-state index contributed by atoms with van der Waals surface area (Å²) in [5.41, 5.74) is 1.66. The molecule has 0 bridgehead atoms. The largest absolute Gasteiger partial charge is 0.448 e. The van der Waals surface area contributed by atoms with Gasteiger partial charge in [0.2, 0.25) is 11.5 Å². The van der Waals surface area contributed by atoms with E-state index in [2.05, 4.69) is 10.3 Å². The molecule has 0 aliphatic carbocycles. The predicted molar refractivity (Wildman–Crippen MR) is 127 cm³/mol. The molecule has 0 saturated heterocycles. The molecule has 0 spiro atoms. The molecule has 0 atom stereocenters. The van der Waals surface area contributed by atoms with Crippen LogP contribution in [0.4, 0.5) is 14.5 Å². The topological polar surface area (TPSA) is 77.1 Å². The highest BCUT2D eigenvalue weighted by molar-refractivity contribution is 7.99. The number of nitrogens with one attached hydrogen (secondary N) is 1. The molecule has 2 heterocycles. The van der Waals surface area contributed by atoms with Gasteiger partial charge in [0.25, 0.3) is 5.56 Å². The number of nitrogens with zero attached hydrogens (tertiary/aromatic N) is 2. The fourth-order valence-corrected chi connectivity index (χ4v) is 4.36. The molecule has 1 N–H and O–H groups in total. The number of benzene rings is 3. The predicted octanol–water partition coefficient (Wildman–Crippen LogP) is 5.20. The third-order valence-electron chi connectivity index (χ3n) is 5.14. The standard InChI is InChI=1S/C25H17F2N3O3S/c26-16-10-8-15(9-11-16)13-30-24(32)23-22(19-6-1-2-7-20(19)33-23)29-25(30)34-14-21(31)28-18-5-3-4-17(27)12-18/h1-12H,13-14H2,(H,28,31). The summed E-state index contributed by atoms with van der Waals surface area (Å²) in [7, 11) is 0. The highest BCUT2D eigenvalue weighted by Gasteiger charge is 2.19. The summed E-state index contributed by atoms with van der Waals surface area (Å²) >= 11 is 1.07. The SMILES string of the molecule is O=C(CSc1nc2c(oc3ccccc32)c(=O)n1Cc1ccc(F)cc1)Nc1cccc(F)c1. The van der Waals surface area contributed by atoms with E-state index in [4.69, 9.17) is 4.42 Å². The molecule has 0 saturated carbocycles. The van der Waals surface area contributed by atoms with Crippen molar-refractivity contribution in [2.24, 2.45) is 0 Å². The van der Waals surface area contributed by atoms with Crippen molar-refractivity contribution >= 4 is 45.4 Å². The van der Waals surface area contributed by atoms with E-state index in [0.29, 0.717) is 32.9 Å². The summed E-state index contributed by atoms with van der Waals surface area (Å²) in [5.74, 6) is -1.29. The average Bonchev–Trinajstić information content (AvgIpc) is 3.20. The van der Waals surface area contributed by atoms with Gasteiger partial charge in [0, 0.05) is 11.1 Å². The molecule has 5 rings (SSSR count). The minimum absolute atomic E-state index is 0.0618. The van der Waals surface area contributed by atoms with Crippen LogP contribution in [0.1, 0.15) is 5.56 Å². The lowest BCUT2D eigenvalue weighted by atomic mass is 10.2. The van der Waals surface area contributed by atoms with Gasteiger partial charge in [-0.15, -0.1) is 0 Å². The molecule has 9 heteroatoms. The van der Waals surface area contributed by atoms with Crippen LogP contribution in [0.3, 0.4) is 0 Å². The second-order valence-corrected chi connectivity index (χ2v) is 8.48. The van der Waals surface area contributed by atoms with Crippen LogP contribution in [0.2, 0.25) is 0 Å². The third-order valence-corrected chi connectivity index (χ3v) is 6.12. The maximum Gasteiger partial charge on any atom is 0.298 e. The quantitative estimate of drug-likeness (QED) is 0.269. The Morgan fingerprint density at radius 1 is 1.00 bits per heavy atom. The first kappa shape index (κ1) is 21.8. The third kappa shape index (κ3) is 4.42. The summed E-state index contributed by atoms with van der Waals surface area (Å²) < 4.78 is 33.9. The average molecular weight is 477 g/mol. The van der Waals surface area contributed by atoms with Gasteiger partial charge in [0.15, 0.2) is 5.16 Å². The summed E-state index contributed by atoms with van der Waals surface area (Å²) in [5, 5.41) is 3.63. The first-order valence-electron chi connectivity index (χ1n) is 10.3. The molecular weight excluding hydrogens is 460 g/mol. The van der Waals surface area contributed by atoms with E-state index in [9.17, 15) is 18.4 Å². The van der Waals surface area contributed by atoms with E-state index in [-0.39, 0.29) is 29.6 Å². The fourth-order valence-electron chi connectivity index (χ4n) is 3.57. The monoisotopic (exact) mass is 477 g/mol. The summed E-state index contributed by atoms with van der Waals surface area (Å²) in [6, 6.07) is 18.5. The Morgan fingerprint density at radius 3 is 2.59 bits per heavy atom. The molecule has 0 unspecified atom stereocenters. The van der Waals surface area contributed by atoms with Crippen LogP contribution >= 0.6 is 11.8 Å². The molecule has 170 valence electrons. The molecule has 34 heavy (non-hydrogen) atoms. The maximum atomic E-state index is 13.4. The van der Waals surface area contributed by atoms with E-state index in [0.717, 1.165) is 11.8 Å². The highest BCUT2D eigenvalue weighted by Crippen LogP contribution is 2.27. The van der Waals surface area contributed by atoms with Crippen molar-refractivity contribution in [1.29, 1.82) is 0 Å². The molecule has 0 aliphatic heterocycles. The maximum absolute atomic E-state index is 13.4. The molecule has 5 aromatic rings. The van der Waals surface area contributed by atoms with Crippen molar-refractivity contribution in [1.82, 2.24) is 9.55 Å². The van der Waals surface area contributed by atoms with Gasteiger partial charge in [0.05, 0.1) is 12.3 Å². The Bertz CT molecular complexity index is 1580. The zero-order chi connectivity index (χ0) is 23.7. The van der Waals surface area contributed by atoms with Crippen LogP contribution in [0, 0.1) is 11.6 Å². The Morgan fingerprint density at radius 2 is 1.79 bits per heavy atom. The Kier molecular flexibility index (Phi) is 5.85. The van der Waals surface area contributed by atoms with E-state index < -0.39 is 11.4 Å². The van der Waals surface area contributed by atoms with Crippen LogP contribution in [-0.4, -0.2) is 21.2 Å². The summed E-state index contributed by atoms with van der Waals surface area (Å²) in [6.07, 6.45) is 0. The number of hydrogen-bond acceptors (Lipinski definition) is 5. The van der Waals surface area contributed by atoms with E-state index in [1.54, 1.807) is 30.3 Å². The van der Waals surface area contributed by atoms with Gasteiger partial charge in [0.1, 0.15) is 22.7 Å². The molecule has 6 nitrogen and oxygen atoms in total. The van der Waals surface area contributed by atoms with Crippen molar-refractivity contribution in [3.8, 4) is 0 Å². The van der Waals surface area contributed by atoms with Crippen molar-refractivity contribution in [3.05, 3.63) is 100 Å². The highest BCUT2D eigenvalue weighted by atomic mass is 32.2. The van der Waals surface area contributed by atoms with Gasteiger partial charge < -0.3 is 9.73 Å². The van der Waals surface area contributed by atoms with Gasteiger partial charge in [-0.3, -0.25) is 14.2 Å². The van der Waals surface area contributed by atoms with E-state index in [1.807, 2.05) is 12.1 Å². The van der Waals surface area contributed by atoms with Crippen molar-refractivity contribution in [3.63, 3.8) is 0 Å². The molecule has 0 aliphatic rings. The zero-order valence-electron chi connectivity index (χ0n) is 17.6. The van der Waals surface area contributed by atoms with Crippen LogP contribution in [0.15, 0.2) is 87.2 Å². The van der Waals surface area contributed by atoms with Crippen molar-refractivity contribution in [2.45, 2.75) is 11.7 Å². The lowest BCUT2D eigenvalue weighted by Crippen LogP contribution is -2.24. The van der Waals surface area contributed by atoms with Crippen LogP contribution in [0.25, 0.3) is 22.1 Å². The Balaban J connectivity index is 1.51. The van der Waals surface area contributed by atoms with Gasteiger partial charge >= 0.3 is 0 Å². The van der Waals surface area contributed by atoms with Crippen molar-refractivity contribution in [2.75, 3.05) is 11.1 Å². The van der Waals surface area contributed by atoms with Crippen LogP contribution < -0.4 is 10.9 Å². The number of carbonyl (C=O) groups excluding carboxylic acids is 1. The molecule has 1 amide bonds. The lowest BCUT2D eigenvalue weighted by Gasteiger charge is -2.12. The number of carbonyl (C=O) groups is 1. The first-order valence-corrected chi connectivity index (χ1v) is 11.3. The Hall–Kier alpha value is -3.98. The second-order valence-electron chi connectivity index (χ2n) is 7.54. The van der Waals surface area contributed by atoms with Crippen molar-refractivity contribution < 1.29 is 18.0 Å². The number of hydrogen-bond donors (Lipinski definition) is 1. The summed E-state index contributed by atoms with van der Waals surface area (Å²) in [6.45, 7) is 0.118. The van der Waals surface area contributed by atoms with Gasteiger partial charge in [-0.25, -0.2) is 13.8 Å². The van der Waals surface area contributed by atoms with E-state index >= 15 is 0 Å². The van der Waals surface area contributed by atoms with Gasteiger partial charge in [-0.2, -0.15) is 0 Å². The number of fused-ring (bicyclic) bond motifs is 3. The second kappa shape index (κ2) is 9.11. The molecule has 3 aromatic carbocycles. The number of aromatic nitrogens is 2. The minimum Gasteiger partial charge on any atom is -0.448 e. The smallest absolute Gasteiger partial charge is 0.298 e. The number of rotatable bonds is 6. The minimum atomic E-state index is -0.461. The van der Waals surface area contributed by atoms with Crippen LogP contribution in [-0.2, 0) is 11.3 Å². The summed E-state index contributed by atoms with van der Waals surface area (Å²) in [4.78, 5) is 30.5.